The number of likely N-dealkylation sites (N-methyl/N-ethyl adjacent to an activating group) is 2. The molecule has 0 spiro atoms. The fourth-order valence-corrected chi connectivity index (χ4v) is 10.4. The van der Waals surface area contributed by atoms with Crippen molar-refractivity contribution in [2.24, 2.45) is 35.1 Å². The molecule has 21 heteroatoms. The normalized spacial score (nSPS) is 29.4. The Kier molecular flexibility index (Phi) is 13.5. The van der Waals surface area contributed by atoms with E-state index in [0.29, 0.717) is 24.0 Å². The molecule has 6 aliphatic carbocycles. The van der Waals surface area contributed by atoms with E-state index in [2.05, 4.69) is 0 Å². The van der Waals surface area contributed by atoms with Gasteiger partial charge < -0.3 is 57.8 Å². The first-order valence-corrected chi connectivity index (χ1v) is 18.9. The van der Waals surface area contributed by atoms with E-state index in [9.17, 15) is 69.6 Å². The number of aliphatic hydroxyl groups is 6. The number of halogens is 2. The predicted molar refractivity (Wildman–Crippen MR) is 225 cm³/mol. The number of carbonyl (C=O) groups excluding carboxylic acids is 6. The third-order valence-electron chi connectivity index (χ3n) is 12.9. The van der Waals surface area contributed by atoms with Crippen molar-refractivity contribution in [1.82, 2.24) is 9.80 Å². The van der Waals surface area contributed by atoms with Gasteiger partial charge in [-0.2, -0.15) is 0 Å². The van der Waals surface area contributed by atoms with Crippen molar-refractivity contribution in [1.29, 1.82) is 0 Å². The van der Waals surface area contributed by atoms with Gasteiger partial charge >= 0.3 is 0 Å². The summed E-state index contributed by atoms with van der Waals surface area (Å²) >= 11 is 0. The number of Topliss-reactive ketones (excluding diaryl/α,β-unsaturated/α-hetero) is 4. The molecule has 0 aromatic heterocycles. The first kappa shape index (κ1) is 49.9. The van der Waals surface area contributed by atoms with Crippen LogP contribution in [0.15, 0.2) is 81.7 Å². The van der Waals surface area contributed by atoms with Gasteiger partial charge in [-0.25, -0.2) is 0 Å². The van der Waals surface area contributed by atoms with Gasteiger partial charge in [-0.15, -0.1) is 24.8 Å². The van der Waals surface area contributed by atoms with Crippen LogP contribution < -0.4 is 11.5 Å². The smallest absolute Gasteiger partial charge is 0.255 e. The Morgan fingerprint density at radius 2 is 0.921 bits per heavy atom. The van der Waals surface area contributed by atoms with E-state index >= 15 is 0 Å². The number of hydrogen-bond donors (Lipinski definition) is 10. The van der Waals surface area contributed by atoms with Gasteiger partial charge in [0.2, 0.25) is 11.6 Å². The van der Waals surface area contributed by atoms with E-state index in [1.807, 2.05) is 0 Å². The number of nitrogens with zero attached hydrogens (tertiary/aromatic N) is 2. The molecular weight excluding hydrogens is 871 g/mol. The zero-order valence-corrected chi connectivity index (χ0v) is 35.8. The van der Waals surface area contributed by atoms with Gasteiger partial charge in [0.25, 0.3) is 11.8 Å². The Balaban J connectivity index is 0.000000264. The van der Waals surface area contributed by atoms with E-state index in [0.717, 1.165) is 0 Å². The van der Waals surface area contributed by atoms with Gasteiger partial charge in [0.05, 0.1) is 23.2 Å². The summed E-state index contributed by atoms with van der Waals surface area (Å²) in [5.74, 6) is -12.8. The molecule has 0 unspecified atom stereocenters. The highest BCUT2D eigenvalue weighted by molar-refractivity contribution is 6.26. The highest BCUT2D eigenvalue weighted by atomic mass is 35.5. The number of benzene rings is 2. The number of aromatic hydroxyl groups is 2. The molecule has 2 aromatic carbocycles. The zero-order valence-electron chi connectivity index (χ0n) is 34.1. The maximum Gasteiger partial charge on any atom is 0.255 e. The lowest BCUT2D eigenvalue weighted by molar-refractivity contribution is -0.149. The molecule has 0 radical (unpaired) electrons. The summed E-state index contributed by atoms with van der Waals surface area (Å²) in [6.07, 6.45) is 0.759. The monoisotopic (exact) mass is 918 g/mol. The standard InChI is InChI=1S/2C21H22N2O7.2ClH.H2O/c2*1-23(2)15-10-7-9-6-8-4-3-5-11(24)12(8)16(25)13(9)18(27)21(10,30)19(28)14(17(15)26)20(22)29;;;/h2*3-5,9-10,15,24,26-27,30H,6-7H2,1-2H3,(H2,22,29);2*1H;1H2/t2*9-,10+,15-,21-;;;/m00.../s1. The van der Waals surface area contributed by atoms with Crippen LogP contribution in [0, 0.1) is 23.7 Å². The number of fused-ring (bicyclic) bond motifs is 6. The molecule has 0 saturated heterocycles. The summed E-state index contributed by atoms with van der Waals surface area (Å²) in [5, 5.41) is 86.4. The second-order valence-corrected chi connectivity index (χ2v) is 16.5. The fraction of sp³-hybridized carbons (Fsp3) is 0.381. The molecule has 6 aliphatic rings. The predicted octanol–water partition coefficient (Wildman–Crippen LogP) is 0.260. The molecule has 14 N–H and O–H groups in total. The first-order valence-electron chi connectivity index (χ1n) is 18.9. The Labute approximate surface area is 371 Å². The molecule has 8 atom stereocenters. The van der Waals surface area contributed by atoms with Gasteiger partial charge in [0, 0.05) is 23.0 Å². The number of hydrogen-bond acceptors (Lipinski definition) is 16. The SMILES string of the molecule is CN(C)[C@@H]1C(O)=C(C(N)=O)C(=O)[C@@]2(O)C(O)=C3C(=O)c4c(O)cccc4C[C@H]3C[C@H]12.CN(C)[C@@H]1C(O)=C(C(N)=O)C(=O)[C@@]2(O)C(O)=C3C(=O)c4c(O)cccc4C[C@H]3C[C@H]12.Cl.Cl.O. The van der Waals surface area contributed by atoms with E-state index in [-0.39, 0.29) is 76.9 Å². The van der Waals surface area contributed by atoms with Crippen LogP contribution in [0.4, 0.5) is 0 Å². The van der Waals surface area contributed by atoms with Crippen LogP contribution in [0.3, 0.4) is 0 Å². The molecule has 0 bridgehead atoms. The van der Waals surface area contributed by atoms with Crippen molar-refractivity contribution in [3.8, 4) is 11.5 Å². The number of phenols is 2. The topological polar surface area (TPSA) is 354 Å². The molecule has 0 saturated carbocycles. The van der Waals surface area contributed by atoms with Crippen molar-refractivity contribution < 1.29 is 75.1 Å². The second-order valence-electron chi connectivity index (χ2n) is 16.5. The number of allylic oxidation sites excluding steroid dienone is 2. The molecule has 2 aromatic rings. The number of nitrogens with two attached hydrogens (primary N) is 2. The number of primary amides is 2. The number of amides is 2. The summed E-state index contributed by atoms with van der Waals surface area (Å²) in [6.45, 7) is 0. The van der Waals surface area contributed by atoms with Crippen molar-refractivity contribution in [3.05, 3.63) is 104 Å². The summed E-state index contributed by atoms with van der Waals surface area (Å²) in [6, 6.07) is 7.31. The summed E-state index contributed by atoms with van der Waals surface area (Å²) in [7, 11) is 6.35. The number of rotatable bonds is 4. The quantitative estimate of drug-likeness (QED) is 0.184. The molecule has 340 valence electrons. The van der Waals surface area contributed by atoms with Gasteiger partial charge in [-0.05, 0) is 89.0 Å². The van der Waals surface area contributed by atoms with Crippen molar-refractivity contribution >= 4 is 59.8 Å². The molecule has 63 heavy (non-hydrogen) atoms. The maximum atomic E-state index is 13.1. The van der Waals surface area contributed by atoms with Crippen molar-refractivity contribution in [3.63, 3.8) is 0 Å². The average molecular weight is 920 g/mol. The van der Waals surface area contributed by atoms with Gasteiger partial charge in [-0.1, -0.05) is 24.3 Å². The Morgan fingerprint density at radius 3 is 1.21 bits per heavy atom. The molecule has 0 fully saturated rings. The van der Waals surface area contributed by atoms with E-state index in [1.165, 1.54) is 21.9 Å². The molecule has 0 heterocycles. The lowest BCUT2D eigenvalue weighted by Gasteiger charge is -2.50. The number of phenolic OH excluding ortho intramolecular Hbond substituents is 2. The van der Waals surface area contributed by atoms with Crippen LogP contribution in [0.1, 0.15) is 44.7 Å². The summed E-state index contributed by atoms with van der Waals surface area (Å²) in [5.41, 5.74) is 4.61. The van der Waals surface area contributed by atoms with Crippen molar-refractivity contribution in [2.75, 3.05) is 28.2 Å². The molecular formula is C42H48Cl2N4O15. The minimum Gasteiger partial charge on any atom is -0.510 e. The van der Waals surface area contributed by atoms with E-state index in [4.69, 9.17) is 11.5 Å². The Hall–Kier alpha value is -5.80. The highest BCUT2D eigenvalue weighted by Gasteiger charge is 2.65. The second kappa shape index (κ2) is 17.1. The lowest BCUT2D eigenvalue weighted by atomic mass is 9.58. The van der Waals surface area contributed by atoms with Gasteiger partial charge in [0.1, 0.15) is 45.7 Å². The zero-order chi connectivity index (χ0) is 44.2. The van der Waals surface area contributed by atoms with Gasteiger partial charge in [0.15, 0.2) is 22.8 Å². The fourth-order valence-electron chi connectivity index (χ4n) is 10.4. The van der Waals surface area contributed by atoms with Gasteiger partial charge in [-0.3, -0.25) is 38.6 Å². The largest absolute Gasteiger partial charge is 0.510 e. The number of carbonyl (C=O) groups is 6. The van der Waals surface area contributed by atoms with E-state index in [1.54, 1.807) is 52.5 Å². The Bertz CT molecular complexity index is 2330. The van der Waals surface area contributed by atoms with Crippen LogP contribution in [-0.2, 0) is 32.0 Å². The number of aliphatic hydroxyl groups excluding tert-OH is 4. The minimum absolute atomic E-state index is 0. The van der Waals surface area contributed by atoms with Crippen LogP contribution in [0.25, 0.3) is 0 Å². The van der Waals surface area contributed by atoms with Crippen LogP contribution in [0.2, 0.25) is 0 Å². The minimum atomic E-state index is -2.60. The lowest BCUT2D eigenvalue weighted by Crippen LogP contribution is -2.63. The van der Waals surface area contributed by atoms with Crippen LogP contribution in [-0.4, -0.2) is 143 Å². The molecule has 0 aliphatic heterocycles. The van der Waals surface area contributed by atoms with Crippen molar-refractivity contribution in [2.45, 2.75) is 49.0 Å². The van der Waals surface area contributed by atoms with Crippen LogP contribution >= 0.6 is 24.8 Å². The van der Waals surface area contributed by atoms with Crippen LogP contribution in [0.5, 0.6) is 11.5 Å². The van der Waals surface area contributed by atoms with E-state index < -0.39 is 116 Å². The number of ketones is 4. The summed E-state index contributed by atoms with van der Waals surface area (Å²) < 4.78 is 0. The maximum absolute atomic E-state index is 13.1. The third-order valence-corrected chi connectivity index (χ3v) is 12.9. The highest BCUT2D eigenvalue weighted by Crippen LogP contribution is 2.54. The Morgan fingerprint density at radius 1 is 0.603 bits per heavy atom. The average Bonchev–Trinajstić information content (AvgIpc) is 3.14. The summed E-state index contributed by atoms with van der Waals surface area (Å²) in [4.78, 5) is 79.2. The molecule has 2 amide bonds. The molecule has 8 rings (SSSR count). The first-order chi connectivity index (χ1) is 28.0. The molecule has 19 nitrogen and oxygen atoms in total. The third kappa shape index (κ3) is 6.94.